The number of benzene rings is 2. The molecule has 0 saturated carbocycles. The second kappa shape index (κ2) is 6.19. The first-order valence-corrected chi connectivity index (χ1v) is 7.24. The summed E-state index contributed by atoms with van der Waals surface area (Å²) in [5.41, 5.74) is 1.07. The minimum Gasteiger partial charge on any atom is -0.494 e. The molecule has 0 aromatic heterocycles. The molecule has 24 heavy (non-hydrogen) atoms. The van der Waals surface area contributed by atoms with Gasteiger partial charge in [0.25, 0.3) is 11.8 Å². The largest absolute Gasteiger partial charge is 0.494 e. The number of hydrogen-bond acceptors (Lipinski definition) is 4. The van der Waals surface area contributed by atoms with E-state index in [0.717, 1.165) is 6.07 Å². The molecule has 0 unspecified atom stereocenters. The molecule has 2 aromatic carbocycles. The van der Waals surface area contributed by atoms with E-state index in [9.17, 15) is 14.0 Å². The zero-order valence-corrected chi connectivity index (χ0v) is 13.1. The Morgan fingerprint density at radius 3 is 2.79 bits per heavy atom. The SMILES string of the molecule is COc1ccc(C(=O)Nc2ccc3c(c2)NC(=O)[C@@H](C)O3)cc1F. The Balaban J connectivity index is 1.79. The summed E-state index contributed by atoms with van der Waals surface area (Å²) < 4.78 is 23.9. The third kappa shape index (κ3) is 3.01. The highest BCUT2D eigenvalue weighted by Crippen LogP contribution is 2.32. The number of fused-ring (bicyclic) bond motifs is 1. The van der Waals surface area contributed by atoms with E-state index in [1.54, 1.807) is 25.1 Å². The average Bonchev–Trinajstić information content (AvgIpc) is 2.56. The molecule has 7 heteroatoms. The third-order valence-corrected chi connectivity index (χ3v) is 3.58. The van der Waals surface area contributed by atoms with Crippen LogP contribution in [-0.2, 0) is 4.79 Å². The number of halogens is 1. The highest BCUT2D eigenvalue weighted by molar-refractivity contribution is 6.05. The Morgan fingerprint density at radius 1 is 1.29 bits per heavy atom. The molecule has 2 amide bonds. The molecule has 2 N–H and O–H groups in total. The topological polar surface area (TPSA) is 76.7 Å². The van der Waals surface area contributed by atoms with Crippen molar-refractivity contribution >= 4 is 23.2 Å². The Morgan fingerprint density at radius 2 is 2.08 bits per heavy atom. The van der Waals surface area contributed by atoms with Gasteiger partial charge in [-0.15, -0.1) is 0 Å². The molecule has 6 nitrogen and oxygen atoms in total. The molecule has 3 rings (SSSR count). The van der Waals surface area contributed by atoms with Crippen LogP contribution >= 0.6 is 0 Å². The van der Waals surface area contributed by atoms with E-state index < -0.39 is 17.8 Å². The predicted molar refractivity (Wildman–Crippen MR) is 86.1 cm³/mol. The molecule has 1 aliphatic heterocycles. The Kier molecular flexibility index (Phi) is 4.07. The van der Waals surface area contributed by atoms with E-state index in [1.807, 2.05) is 0 Å². The van der Waals surface area contributed by atoms with Crippen LogP contribution in [-0.4, -0.2) is 25.0 Å². The van der Waals surface area contributed by atoms with Crippen molar-refractivity contribution in [2.45, 2.75) is 13.0 Å². The molecule has 1 aliphatic rings. The molecule has 0 saturated heterocycles. The lowest BCUT2D eigenvalue weighted by molar-refractivity contribution is -0.122. The minimum absolute atomic E-state index is 0.0642. The van der Waals surface area contributed by atoms with Gasteiger partial charge < -0.3 is 20.1 Å². The molecule has 1 heterocycles. The summed E-state index contributed by atoms with van der Waals surface area (Å²) in [5, 5.41) is 5.34. The van der Waals surface area contributed by atoms with Gasteiger partial charge in [0.1, 0.15) is 5.75 Å². The maximum absolute atomic E-state index is 13.7. The predicted octanol–water partition coefficient (Wildman–Crippen LogP) is 2.81. The van der Waals surface area contributed by atoms with Crippen molar-refractivity contribution in [2.24, 2.45) is 0 Å². The van der Waals surface area contributed by atoms with E-state index in [4.69, 9.17) is 9.47 Å². The van der Waals surface area contributed by atoms with Crippen LogP contribution in [0.25, 0.3) is 0 Å². The fraction of sp³-hybridized carbons (Fsp3) is 0.176. The molecule has 0 radical (unpaired) electrons. The minimum atomic E-state index is -0.620. The standard InChI is InChI=1S/C17H15FN2O4/c1-9-16(21)20-13-8-11(4-6-15(13)24-9)19-17(22)10-3-5-14(23-2)12(18)7-10/h3-9H,1-2H3,(H,19,22)(H,20,21)/t9-/m1/s1. The smallest absolute Gasteiger partial charge is 0.265 e. The summed E-state index contributed by atoms with van der Waals surface area (Å²) >= 11 is 0. The van der Waals surface area contributed by atoms with Gasteiger partial charge in [-0.05, 0) is 43.3 Å². The zero-order chi connectivity index (χ0) is 17.3. The van der Waals surface area contributed by atoms with Gasteiger partial charge in [-0.2, -0.15) is 0 Å². The number of nitrogens with one attached hydrogen (secondary N) is 2. The lowest BCUT2D eigenvalue weighted by atomic mass is 10.1. The van der Waals surface area contributed by atoms with E-state index in [-0.39, 0.29) is 17.2 Å². The van der Waals surface area contributed by atoms with Crippen LogP contribution in [0.3, 0.4) is 0 Å². The number of ether oxygens (including phenoxy) is 2. The highest BCUT2D eigenvalue weighted by Gasteiger charge is 2.23. The van der Waals surface area contributed by atoms with Gasteiger partial charge in [0.2, 0.25) is 0 Å². The number of rotatable bonds is 3. The highest BCUT2D eigenvalue weighted by atomic mass is 19.1. The second-order valence-electron chi connectivity index (χ2n) is 5.26. The van der Waals surface area contributed by atoms with Crippen molar-refractivity contribution in [2.75, 3.05) is 17.7 Å². The summed E-state index contributed by atoms with van der Waals surface area (Å²) in [6, 6.07) is 8.81. The normalized spacial score (nSPS) is 15.8. The van der Waals surface area contributed by atoms with E-state index in [2.05, 4.69) is 10.6 Å². The average molecular weight is 330 g/mol. The summed E-state index contributed by atoms with van der Waals surface area (Å²) in [4.78, 5) is 23.8. The fourth-order valence-electron chi connectivity index (χ4n) is 2.30. The quantitative estimate of drug-likeness (QED) is 0.907. The lowest BCUT2D eigenvalue weighted by Gasteiger charge is -2.23. The maximum atomic E-state index is 13.7. The lowest BCUT2D eigenvalue weighted by Crippen LogP contribution is -2.34. The molecular weight excluding hydrogens is 315 g/mol. The summed E-state index contributed by atoms with van der Waals surface area (Å²) in [6.45, 7) is 1.65. The van der Waals surface area contributed by atoms with Crippen LogP contribution in [0.2, 0.25) is 0 Å². The van der Waals surface area contributed by atoms with Crippen LogP contribution in [0.5, 0.6) is 11.5 Å². The number of methoxy groups -OCH3 is 1. The molecule has 0 aliphatic carbocycles. The summed E-state index contributed by atoms with van der Waals surface area (Å²) in [6.07, 6.45) is -0.569. The van der Waals surface area contributed by atoms with Gasteiger partial charge in [0.15, 0.2) is 17.7 Å². The van der Waals surface area contributed by atoms with E-state index in [1.165, 1.54) is 19.2 Å². The molecule has 0 spiro atoms. The molecule has 0 bridgehead atoms. The first-order chi connectivity index (χ1) is 11.5. The second-order valence-corrected chi connectivity index (χ2v) is 5.26. The van der Waals surface area contributed by atoms with Crippen molar-refractivity contribution in [3.63, 3.8) is 0 Å². The van der Waals surface area contributed by atoms with Gasteiger partial charge in [0.05, 0.1) is 12.8 Å². The van der Waals surface area contributed by atoms with E-state index in [0.29, 0.717) is 17.1 Å². The number of hydrogen-bond donors (Lipinski definition) is 2. The maximum Gasteiger partial charge on any atom is 0.265 e. The molecule has 2 aromatic rings. The molecular formula is C17H15FN2O4. The summed E-state index contributed by atoms with van der Waals surface area (Å²) in [7, 11) is 1.35. The van der Waals surface area contributed by atoms with Crippen LogP contribution in [0, 0.1) is 5.82 Å². The van der Waals surface area contributed by atoms with Gasteiger partial charge in [-0.1, -0.05) is 0 Å². The first-order valence-electron chi connectivity index (χ1n) is 7.24. The Bertz CT molecular complexity index is 822. The molecule has 1 atom stereocenters. The van der Waals surface area contributed by atoms with Crippen LogP contribution in [0.15, 0.2) is 36.4 Å². The van der Waals surface area contributed by atoms with Crippen molar-refractivity contribution < 1.29 is 23.5 Å². The Labute approximate surface area is 137 Å². The van der Waals surface area contributed by atoms with Crippen molar-refractivity contribution in [1.29, 1.82) is 0 Å². The molecule has 0 fully saturated rings. The molecule has 124 valence electrons. The van der Waals surface area contributed by atoms with Crippen LogP contribution < -0.4 is 20.1 Å². The number of carbonyl (C=O) groups is 2. The fourth-order valence-corrected chi connectivity index (χ4v) is 2.30. The van der Waals surface area contributed by atoms with E-state index >= 15 is 0 Å². The number of carbonyl (C=O) groups excluding carboxylic acids is 2. The zero-order valence-electron chi connectivity index (χ0n) is 13.1. The van der Waals surface area contributed by atoms with Gasteiger partial charge in [-0.3, -0.25) is 9.59 Å². The van der Waals surface area contributed by atoms with Crippen LogP contribution in [0.1, 0.15) is 17.3 Å². The van der Waals surface area contributed by atoms with Crippen molar-refractivity contribution in [3.05, 3.63) is 47.8 Å². The van der Waals surface area contributed by atoms with Crippen LogP contribution in [0.4, 0.5) is 15.8 Å². The van der Waals surface area contributed by atoms with Gasteiger partial charge >= 0.3 is 0 Å². The summed E-state index contributed by atoms with van der Waals surface area (Å²) in [5.74, 6) is -0.772. The van der Waals surface area contributed by atoms with Gasteiger partial charge in [0, 0.05) is 11.3 Å². The van der Waals surface area contributed by atoms with Crippen molar-refractivity contribution in [3.8, 4) is 11.5 Å². The third-order valence-electron chi connectivity index (χ3n) is 3.58. The van der Waals surface area contributed by atoms with Crippen molar-refractivity contribution in [1.82, 2.24) is 0 Å². The number of anilines is 2. The Hall–Kier alpha value is -3.09. The number of amides is 2. The van der Waals surface area contributed by atoms with Gasteiger partial charge in [-0.25, -0.2) is 4.39 Å². The first kappa shape index (κ1) is 15.8. The monoisotopic (exact) mass is 330 g/mol.